The minimum Gasteiger partial charge on any atom is -0.478 e. The number of benzene rings is 4. The van der Waals surface area contributed by atoms with Crippen LogP contribution in [0, 0.1) is 0 Å². The van der Waals surface area contributed by atoms with Crippen molar-refractivity contribution in [3.63, 3.8) is 0 Å². The molecule has 0 saturated carbocycles. The average molecular weight is 398 g/mol. The standard InChI is InChI=1S/C25H18O5/c26-25(27)18-16-22(28-19-10-4-1-5-11-19)24(30-21-14-8-3-9-15-21)23(17-18)29-20-12-6-2-7-13-20/h1-17H,(H,26,27). The summed E-state index contributed by atoms with van der Waals surface area (Å²) in [6.07, 6.45) is 0. The molecule has 0 aliphatic rings. The maximum Gasteiger partial charge on any atom is 0.335 e. The number of para-hydroxylation sites is 3. The van der Waals surface area contributed by atoms with Gasteiger partial charge in [0.1, 0.15) is 17.2 Å². The fraction of sp³-hybridized carbons (Fsp3) is 0. The van der Waals surface area contributed by atoms with E-state index in [1.807, 2.05) is 54.6 Å². The van der Waals surface area contributed by atoms with E-state index in [2.05, 4.69) is 0 Å². The highest BCUT2D eigenvalue weighted by molar-refractivity contribution is 5.89. The van der Waals surface area contributed by atoms with Gasteiger partial charge in [-0.1, -0.05) is 54.6 Å². The van der Waals surface area contributed by atoms with Crippen molar-refractivity contribution in [2.75, 3.05) is 0 Å². The molecule has 4 rings (SSSR count). The van der Waals surface area contributed by atoms with Gasteiger partial charge in [0.2, 0.25) is 5.75 Å². The number of hydrogen-bond donors (Lipinski definition) is 1. The summed E-state index contributed by atoms with van der Waals surface area (Å²) in [4.78, 5) is 11.7. The fourth-order valence-corrected chi connectivity index (χ4v) is 2.79. The number of carbonyl (C=O) groups is 1. The molecule has 148 valence electrons. The van der Waals surface area contributed by atoms with Crippen LogP contribution in [0.1, 0.15) is 10.4 Å². The second-order valence-corrected chi connectivity index (χ2v) is 6.35. The zero-order chi connectivity index (χ0) is 20.8. The lowest BCUT2D eigenvalue weighted by Crippen LogP contribution is -2.01. The first-order valence-electron chi connectivity index (χ1n) is 9.29. The summed E-state index contributed by atoms with van der Waals surface area (Å²) in [5, 5.41) is 9.59. The van der Waals surface area contributed by atoms with Crippen molar-refractivity contribution in [2.24, 2.45) is 0 Å². The number of ether oxygens (including phenoxy) is 3. The Morgan fingerprint density at radius 3 is 1.30 bits per heavy atom. The maximum absolute atomic E-state index is 11.7. The van der Waals surface area contributed by atoms with Crippen LogP contribution in [0.5, 0.6) is 34.5 Å². The highest BCUT2D eigenvalue weighted by Crippen LogP contribution is 2.45. The number of hydrogen-bond acceptors (Lipinski definition) is 4. The minimum absolute atomic E-state index is 0.0206. The van der Waals surface area contributed by atoms with E-state index >= 15 is 0 Å². The molecular weight excluding hydrogens is 380 g/mol. The second kappa shape index (κ2) is 8.84. The third-order valence-electron chi connectivity index (χ3n) is 4.17. The third kappa shape index (κ3) is 4.59. The van der Waals surface area contributed by atoms with Gasteiger partial charge in [0, 0.05) is 0 Å². The molecule has 0 spiro atoms. The molecule has 0 amide bonds. The SMILES string of the molecule is O=C(O)c1cc(Oc2ccccc2)c(Oc2ccccc2)c(Oc2ccccc2)c1. The molecule has 0 atom stereocenters. The van der Waals surface area contributed by atoms with Crippen LogP contribution in [0.2, 0.25) is 0 Å². The average Bonchev–Trinajstić information content (AvgIpc) is 2.78. The smallest absolute Gasteiger partial charge is 0.335 e. The Bertz CT molecular complexity index is 1060. The molecule has 4 aromatic rings. The van der Waals surface area contributed by atoms with Crippen molar-refractivity contribution < 1.29 is 24.1 Å². The summed E-state index contributed by atoms with van der Waals surface area (Å²) in [6.45, 7) is 0. The zero-order valence-electron chi connectivity index (χ0n) is 15.9. The number of aromatic carboxylic acids is 1. The molecule has 0 saturated heterocycles. The topological polar surface area (TPSA) is 65.0 Å². The highest BCUT2D eigenvalue weighted by atomic mass is 16.5. The van der Waals surface area contributed by atoms with Crippen LogP contribution in [0.25, 0.3) is 0 Å². The molecular formula is C25H18O5. The van der Waals surface area contributed by atoms with E-state index in [-0.39, 0.29) is 22.8 Å². The number of rotatable bonds is 7. The van der Waals surface area contributed by atoms with Crippen molar-refractivity contribution in [1.82, 2.24) is 0 Å². The van der Waals surface area contributed by atoms with Gasteiger partial charge in [0.15, 0.2) is 11.5 Å². The van der Waals surface area contributed by atoms with Crippen LogP contribution in [0.3, 0.4) is 0 Å². The molecule has 0 aliphatic carbocycles. The Morgan fingerprint density at radius 1 is 0.567 bits per heavy atom. The van der Waals surface area contributed by atoms with Crippen LogP contribution in [0.4, 0.5) is 0 Å². The molecule has 0 radical (unpaired) electrons. The first-order valence-corrected chi connectivity index (χ1v) is 9.29. The molecule has 5 nitrogen and oxygen atoms in total. The lowest BCUT2D eigenvalue weighted by Gasteiger charge is -2.17. The highest BCUT2D eigenvalue weighted by Gasteiger charge is 2.20. The van der Waals surface area contributed by atoms with Gasteiger partial charge in [-0.05, 0) is 48.5 Å². The van der Waals surface area contributed by atoms with Crippen LogP contribution in [-0.4, -0.2) is 11.1 Å². The summed E-state index contributed by atoms with van der Waals surface area (Å²) in [7, 11) is 0. The lowest BCUT2D eigenvalue weighted by atomic mass is 10.1. The third-order valence-corrected chi connectivity index (χ3v) is 4.17. The van der Waals surface area contributed by atoms with Gasteiger partial charge in [-0.15, -0.1) is 0 Å². The maximum atomic E-state index is 11.7. The summed E-state index contributed by atoms with van der Waals surface area (Å²) in [5.41, 5.74) is 0.0206. The molecule has 0 fully saturated rings. The first-order chi connectivity index (χ1) is 14.7. The van der Waals surface area contributed by atoms with E-state index in [0.717, 1.165) is 0 Å². The van der Waals surface area contributed by atoms with Crippen molar-refractivity contribution in [1.29, 1.82) is 0 Å². The fourth-order valence-electron chi connectivity index (χ4n) is 2.79. The Balaban J connectivity index is 1.83. The van der Waals surface area contributed by atoms with E-state index in [4.69, 9.17) is 14.2 Å². The Morgan fingerprint density at radius 2 is 0.933 bits per heavy atom. The van der Waals surface area contributed by atoms with Crippen LogP contribution < -0.4 is 14.2 Å². The molecule has 0 aliphatic heterocycles. The van der Waals surface area contributed by atoms with E-state index in [0.29, 0.717) is 17.2 Å². The monoisotopic (exact) mass is 398 g/mol. The minimum atomic E-state index is -1.10. The molecule has 0 unspecified atom stereocenters. The molecule has 4 aromatic carbocycles. The van der Waals surface area contributed by atoms with Crippen LogP contribution >= 0.6 is 0 Å². The molecule has 0 heterocycles. The van der Waals surface area contributed by atoms with E-state index in [1.54, 1.807) is 36.4 Å². The largest absolute Gasteiger partial charge is 0.478 e. The van der Waals surface area contributed by atoms with Gasteiger partial charge < -0.3 is 19.3 Å². The van der Waals surface area contributed by atoms with Crippen molar-refractivity contribution in [3.8, 4) is 34.5 Å². The molecule has 5 heteroatoms. The molecule has 0 bridgehead atoms. The molecule has 30 heavy (non-hydrogen) atoms. The summed E-state index contributed by atoms with van der Waals surface area (Å²) in [6, 6.07) is 30.2. The Hall–Kier alpha value is -4.25. The van der Waals surface area contributed by atoms with Gasteiger partial charge in [0.25, 0.3) is 0 Å². The van der Waals surface area contributed by atoms with Gasteiger partial charge >= 0.3 is 5.97 Å². The number of carboxylic acids is 1. The van der Waals surface area contributed by atoms with Crippen molar-refractivity contribution in [2.45, 2.75) is 0 Å². The predicted octanol–water partition coefficient (Wildman–Crippen LogP) is 6.76. The summed E-state index contributed by atoms with van der Waals surface area (Å²) < 4.78 is 18.0. The lowest BCUT2D eigenvalue weighted by molar-refractivity contribution is 0.0696. The van der Waals surface area contributed by atoms with Gasteiger partial charge in [-0.25, -0.2) is 4.79 Å². The van der Waals surface area contributed by atoms with Crippen molar-refractivity contribution >= 4 is 5.97 Å². The number of carboxylic acid groups (broad SMARTS) is 1. The zero-order valence-corrected chi connectivity index (χ0v) is 15.9. The van der Waals surface area contributed by atoms with Gasteiger partial charge in [-0.2, -0.15) is 0 Å². The Labute approximate surface area is 173 Å². The predicted molar refractivity (Wildman–Crippen MR) is 113 cm³/mol. The van der Waals surface area contributed by atoms with Crippen LogP contribution in [0.15, 0.2) is 103 Å². The molecule has 0 aromatic heterocycles. The Kier molecular flexibility index (Phi) is 5.62. The normalized spacial score (nSPS) is 10.3. The van der Waals surface area contributed by atoms with E-state index in [1.165, 1.54) is 12.1 Å². The molecule has 1 N–H and O–H groups in total. The van der Waals surface area contributed by atoms with E-state index in [9.17, 15) is 9.90 Å². The van der Waals surface area contributed by atoms with Crippen LogP contribution in [-0.2, 0) is 0 Å². The first kappa shape index (κ1) is 19.1. The van der Waals surface area contributed by atoms with Gasteiger partial charge in [0.05, 0.1) is 5.56 Å². The quantitative estimate of drug-likeness (QED) is 0.372. The van der Waals surface area contributed by atoms with Gasteiger partial charge in [-0.3, -0.25) is 0 Å². The summed E-state index contributed by atoms with van der Waals surface area (Å²) in [5.74, 6) is 1.30. The van der Waals surface area contributed by atoms with Crippen molar-refractivity contribution in [3.05, 3.63) is 109 Å². The second-order valence-electron chi connectivity index (χ2n) is 6.35. The van der Waals surface area contributed by atoms with E-state index < -0.39 is 5.97 Å². The summed E-state index contributed by atoms with van der Waals surface area (Å²) >= 11 is 0.